The highest BCUT2D eigenvalue weighted by Gasteiger charge is 2.40. The molecule has 10 heteroatoms. The fourth-order valence-electron chi connectivity index (χ4n) is 5.44. The minimum Gasteiger partial charge on any atom is -0.475 e. The van der Waals surface area contributed by atoms with Crippen LogP contribution in [0.2, 0.25) is 0 Å². The molecule has 1 N–H and O–H groups in total. The van der Waals surface area contributed by atoms with Crippen molar-refractivity contribution < 1.29 is 23.1 Å². The number of alkyl halides is 3. The van der Waals surface area contributed by atoms with Gasteiger partial charge in [0, 0.05) is 24.7 Å². The molecule has 3 heterocycles. The topological polar surface area (TPSA) is 84.1 Å². The van der Waals surface area contributed by atoms with Crippen molar-refractivity contribution in [2.24, 2.45) is 5.92 Å². The van der Waals surface area contributed by atoms with Crippen molar-refractivity contribution in [2.75, 3.05) is 11.4 Å². The summed E-state index contributed by atoms with van der Waals surface area (Å²) in [6.07, 6.45) is 0.0601. The molecule has 2 aliphatic rings. The highest BCUT2D eigenvalue weighted by molar-refractivity contribution is 5.93. The summed E-state index contributed by atoms with van der Waals surface area (Å²) in [5, 5.41) is 9.76. The predicted molar refractivity (Wildman–Crippen MR) is 136 cm³/mol. The quantitative estimate of drug-likeness (QED) is 0.338. The monoisotopic (exact) mass is 521 g/mol. The molecule has 2 aromatic heterocycles. The van der Waals surface area contributed by atoms with Crippen molar-refractivity contribution in [3.05, 3.63) is 71.0 Å². The van der Waals surface area contributed by atoms with E-state index in [1.54, 1.807) is 0 Å². The lowest BCUT2D eigenvalue weighted by molar-refractivity contribution is -0.137. The first-order valence-electron chi connectivity index (χ1n) is 12.7. The molecule has 1 unspecified atom stereocenters. The van der Waals surface area contributed by atoms with Crippen molar-refractivity contribution >= 4 is 23.0 Å². The molecule has 1 aliphatic heterocycles. The second-order valence-corrected chi connectivity index (χ2v) is 10.2. The number of hydrogen-bond acceptors (Lipinski definition) is 5. The van der Waals surface area contributed by atoms with Gasteiger partial charge in [0.2, 0.25) is 5.82 Å². The van der Waals surface area contributed by atoms with Crippen LogP contribution >= 0.6 is 0 Å². The van der Waals surface area contributed by atoms with Gasteiger partial charge >= 0.3 is 12.1 Å². The minimum atomic E-state index is -4.42. The summed E-state index contributed by atoms with van der Waals surface area (Å²) in [6, 6.07) is 13.1. The highest BCUT2D eigenvalue weighted by atomic mass is 19.4. The van der Waals surface area contributed by atoms with Gasteiger partial charge in [0.15, 0.2) is 11.5 Å². The van der Waals surface area contributed by atoms with Crippen LogP contribution in [0.25, 0.3) is 22.6 Å². The third kappa shape index (κ3) is 4.27. The molecule has 7 nitrogen and oxygen atoms in total. The van der Waals surface area contributed by atoms with Crippen molar-refractivity contribution in [3.63, 3.8) is 0 Å². The number of rotatable bonds is 6. The normalized spacial score (nSPS) is 17.9. The molecule has 196 valence electrons. The predicted octanol–water partition coefficient (Wildman–Crippen LogP) is 5.95. The van der Waals surface area contributed by atoms with Gasteiger partial charge in [0.25, 0.3) is 0 Å². The zero-order valence-corrected chi connectivity index (χ0v) is 20.7. The minimum absolute atomic E-state index is 0.225. The second kappa shape index (κ2) is 9.11. The zero-order valence-electron chi connectivity index (χ0n) is 20.7. The van der Waals surface area contributed by atoms with Crippen LogP contribution in [0.15, 0.2) is 48.5 Å². The molecule has 0 amide bonds. The summed E-state index contributed by atoms with van der Waals surface area (Å²) >= 11 is 0. The summed E-state index contributed by atoms with van der Waals surface area (Å²) < 4.78 is 41.4. The Kier molecular flexibility index (Phi) is 5.85. The standard InChI is InChI=1S/C28H26F3N5O2/c1-16-4-2-7-19(14-16)25-33-23-22(36(25)15-17-8-10-20(11-9-17)28(29,30)31)26(34-24(32-23)27(37)38)35-13-12-21(35)18-5-3-6-18/h2,4,7-11,14,18,21H,3,5-6,12-13,15H2,1H3,(H,37,38). The molecule has 0 radical (unpaired) electrons. The Bertz CT molecular complexity index is 1530. The number of imidazole rings is 1. The van der Waals surface area contributed by atoms with Gasteiger partial charge in [0.05, 0.1) is 5.56 Å². The van der Waals surface area contributed by atoms with Gasteiger partial charge in [0.1, 0.15) is 11.3 Å². The molecule has 38 heavy (non-hydrogen) atoms. The SMILES string of the molecule is Cc1cccc(-c2nc3nc(C(=O)O)nc(N4CCC4C4CCC4)c3n2Cc2ccc(C(F)(F)F)cc2)c1. The maximum absolute atomic E-state index is 13.2. The fourth-order valence-corrected chi connectivity index (χ4v) is 5.44. The van der Waals surface area contributed by atoms with E-state index in [1.165, 1.54) is 18.6 Å². The van der Waals surface area contributed by atoms with Crippen molar-refractivity contribution in [3.8, 4) is 11.4 Å². The maximum Gasteiger partial charge on any atom is 0.416 e. The number of benzene rings is 2. The lowest BCUT2D eigenvalue weighted by Gasteiger charge is -2.49. The van der Waals surface area contributed by atoms with Crippen LogP contribution < -0.4 is 4.90 Å². The molecule has 2 aromatic carbocycles. The summed E-state index contributed by atoms with van der Waals surface area (Å²) in [6.45, 7) is 2.93. The Balaban J connectivity index is 1.54. The molecule has 1 saturated carbocycles. The van der Waals surface area contributed by atoms with Gasteiger partial charge in [-0.15, -0.1) is 0 Å². The van der Waals surface area contributed by atoms with E-state index in [0.717, 1.165) is 49.1 Å². The first-order chi connectivity index (χ1) is 18.2. The van der Waals surface area contributed by atoms with E-state index in [2.05, 4.69) is 14.9 Å². The first kappa shape index (κ1) is 24.4. The van der Waals surface area contributed by atoms with Crippen LogP contribution in [-0.2, 0) is 12.7 Å². The fraction of sp³-hybridized carbons (Fsp3) is 0.357. The molecule has 6 rings (SSSR count). The number of aromatic carboxylic acids is 1. The van der Waals surface area contributed by atoms with Gasteiger partial charge in [-0.3, -0.25) is 0 Å². The molecule has 2 fully saturated rings. The average molecular weight is 522 g/mol. The molecule has 0 bridgehead atoms. The number of carboxylic acid groups (broad SMARTS) is 1. The number of aryl methyl sites for hydroxylation is 1. The lowest BCUT2D eigenvalue weighted by atomic mass is 9.75. The summed E-state index contributed by atoms with van der Waals surface area (Å²) in [5.74, 6) is 0.0748. The molecular formula is C28H26F3N5O2. The van der Waals surface area contributed by atoms with Gasteiger partial charge in [-0.25, -0.2) is 19.7 Å². The van der Waals surface area contributed by atoms with E-state index in [0.29, 0.717) is 28.6 Å². The molecule has 0 spiro atoms. The Morgan fingerprint density at radius 3 is 2.39 bits per heavy atom. The number of carboxylic acids is 1. The third-order valence-corrected chi connectivity index (χ3v) is 7.71. The van der Waals surface area contributed by atoms with Gasteiger partial charge in [-0.1, -0.05) is 42.3 Å². The van der Waals surface area contributed by atoms with Crippen LogP contribution in [0.3, 0.4) is 0 Å². The number of nitrogens with zero attached hydrogens (tertiary/aromatic N) is 5. The van der Waals surface area contributed by atoms with E-state index < -0.39 is 17.7 Å². The molecular weight excluding hydrogens is 495 g/mol. The van der Waals surface area contributed by atoms with Gasteiger partial charge < -0.3 is 14.6 Å². The maximum atomic E-state index is 13.2. The van der Waals surface area contributed by atoms with Gasteiger partial charge in [-0.2, -0.15) is 13.2 Å². The van der Waals surface area contributed by atoms with Crippen LogP contribution in [-0.4, -0.2) is 43.2 Å². The van der Waals surface area contributed by atoms with E-state index in [9.17, 15) is 23.1 Å². The smallest absolute Gasteiger partial charge is 0.416 e. The largest absolute Gasteiger partial charge is 0.475 e. The molecule has 4 aromatic rings. The molecule has 1 aliphatic carbocycles. The van der Waals surface area contributed by atoms with Crippen molar-refractivity contribution in [1.29, 1.82) is 0 Å². The second-order valence-electron chi connectivity index (χ2n) is 10.2. The van der Waals surface area contributed by atoms with Crippen molar-refractivity contribution in [2.45, 2.75) is 51.4 Å². The van der Waals surface area contributed by atoms with Crippen molar-refractivity contribution in [1.82, 2.24) is 19.5 Å². The van der Waals surface area contributed by atoms with Crippen LogP contribution in [0, 0.1) is 12.8 Å². The Labute approximate surface area is 217 Å². The average Bonchev–Trinajstić information content (AvgIpc) is 3.18. The molecule has 1 atom stereocenters. The van der Waals surface area contributed by atoms with Crippen LogP contribution in [0.4, 0.5) is 19.0 Å². The van der Waals surface area contributed by atoms with E-state index in [-0.39, 0.29) is 24.1 Å². The Morgan fingerprint density at radius 2 is 1.82 bits per heavy atom. The highest BCUT2D eigenvalue weighted by Crippen LogP contribution is 2.42. The molecule has 1 saturated heterocycles. The number of halogens is 3. The van der Waals surface area contributed by atoms with E-state index in [4.69, 9.17) is 4.98 Å². The number of anilines is 1. The zero-order chi connectivity index (χ0) is 26.6. The number of hydrogen-bond donors (Lipinski definition) is 1. The Hall–Kier alpha value is -3.95. The van der Waals surface area contributed by atoms with Crippen LogP contribution in [0.1, 0.15) is 53.0 Å². The number of fused-ring (bicyclic) bond motifs is 1. The van der Waals surface area contributed by atoms with E-state index in [1.807, 2.05) is 35.8 Å². The summed E-state index contributed by atoms with van der Waals surface area (Å²) in [7, 11) is 0. The van der Waals surface area contributed by atoms with Gasteiger partial charge in [-0.05, 0) is 55.9 Å². The summed E-state index contributed by atoms with van der Waals surface area (Å²) in [4.78, 5) is 27.6. The number of carbonyl (C=O) groups is 1. The van der Waals surface area contributed by atoms with Crippen LogP contribution in [0.5, 0.6) is 0 Å². The first-order valence-corrected chi connectivity index (χ1v) is 12.7. The van der Waals surface area contributed by atoms with E-state index >= 15 is 0 Å². The number of aromatic nitrogens is 4. The Morgan fingerprint density at radius 1 is 1.05 bits per heavy atom. The lowest BCUT2D eigenvalue weighted by Crippen LogP contribution is -2.54. The summed E-state index contributed by atoms with van der Waals surface area (Å²) in [5.41, 5.74) is 2.61. The third-order valence-electron chi connectivity index (χ3n) is 7.71.